The van der Waals surface area contributed by atoms with Crippen LogP contribution in [0.3, 0.4) is 0 Å². The monoisotopic (exact) mass is 341 g/mol. The van der Waals surface area contributed by atoms with Gasteiger partial charge in [-0.25, -0.2) is 4.68 Å². The summed E-state index contributed by atoms with van der Waals surface area (Å²) in [7, 11) is 0. The van der Waals surface area contributed by atoms with Crippen LogP contribution in [0.1, 0.15) is 32.6 Å². The first-order valence-electron chi connectivity index (χ1n) is 7.29. The van der Waals surface area contributed by atoms with E-state index in [4.69, 9.17) is 4.74 Å². The number of nitrogens with zero attached hydrogens (tertiary/aromatic N) is 2. The number of hydrogen-bond acceptors (Lipinski definition) is 4. The lowest BCUT2D eigenvalue weighted by Crippen LogP contribution is -2.35. The van der Waals surface area contributed by atoms with Crippen molar-refractivity contribution in [3.63, 3.8) is 0 Å². The lowest BCUT2D eigenvalue weighted by atomic mass is 9.85. The minimum Gasteiger partial charge on any atom is -0.376 e. The molecule has 6 heteroatoms. The second-order valence-corrected chi connectivity index (χ2v) is 6.62. The van der Waals surface area contributed by atoms with Gasteiger partial charge >= 0.3 is 0 Å². The van der Waals surface area contributed by atoms with E-state index in [0.717, 1.165) is 24.0 Å². The molecule has 1 N–H and O–H groups in total. The van der Waals surface area contributed by atoms with Crippen LogP contribution >= 0.6 is 15.9 Å². The molecule has 0 spiro atoms. The van der Waals surface area contributed by atoms with Gasteiger partial charge in [0, 0.05) is 13.2 Å². The molecule has 2 aliphatic rings. The molecule has 1 aliphatic carbocycles. The Morgan fingerprint density at radius 1 is 1.50 bits per heavy atom. The van der Waals surface area contributed by atoms with Crippen LogP contribution in [0.2, 0.25) is 0 Å². The highest BCUT2D eigenvalue weighted by molar-refractivity contribution is 9.10. The fourth-order valence-corrected chi connectivity index (χ4v) is 3.13. The maximum absolute atomic E-state index is 12.5. The summed E-state index contributed by atoms with van der Waals surface area (Å²) >= 11 is 3.43. The van der Waals surface area contributed by atoms with E-state index < -0.39 is 0 Å². The first-order valence-corrected chi connectivity index (χ1v) is 8.08. The van der Waals surface area contributed by atoms with Crippen molar-refractivity contribution < 1.29 is 4.74 Å². The lowest BCUT2D eigenvalue weighted by Gasteiger charge is -2.25. The number of rotatable bonds is 4. The Labute approximate surface area is 126 Å². The number of hydrogen-bond donors (Lipinski definition) is 1. The third-order valence-corrected chi connectivity index (χ3v) is 4.96. The van der Waals surface area contributed by atoms with Crippen molar-refractivity contribution >= 4 is 21.6 Å². The summed E-state index contributed by atoms with van der Waals surface area (Å²) in [5, 5.41) is 7.57. The molecule has 1 saturated heterocycles. The summed E-state index contributed by atoms with van der Waals surface area (Å²) in [6, 6.07) is 0.193. The molecule has 1 saturated carbocycles. The van der Waals surface area contributed by atoms with Gasteiger partial charge < -0.3 is 10.1 Å². The highest BCUT2D eigenvalue weighted by Crippen LogP contribution is 2.28. The van der Waals surface area contributed by atoms with E-state index in [2.05, 4.69) is 26.3 Å². The smallest absolute Gasteiger partial charge is 0.291 e. The van der Waals surface area contributed by atoms with E-state index in [9.17, 15) is 4.79 Å². The van der Waals surface area contributed by atoms with Gasteiger partial charge in [0.05, 0.1) is 22.8 Å². The molecular formula is C14H20BrN3O2. The predicted molar refractivity (Wildman–Crippen MR) is 81.0 cm³/mol. The quantitative estimate of drug-likeness (QED) is 0.913. The Kier molecular flexibility index (Phi) is 4.12. The Balaban J connectivity index is 1.81. The highest BCUT2D eigenvalue weighted by atomic mass is 79.9. The maximum atomic E-state index is 12.5. The summed E-state index contributed by atoms with van der Waals surface area (Å²) in [6.45, 7) is 3.52. The van der Waals surface area contributed by atoms with Crippen LogP contribution in [0.25, 0.3) is 0 Å². The Hall–Kier alpha value is -0.880. The van der Waals surface area contributed by atoms with Crippen LogP contribution in [-0.2, 0) is 11.3 Å². The summed E-state index contributed by atoms with van der Waals surface area (Å²) in [5.41, 5.74) is 0.576. The second-order valence-electron chi connectivity index (χ2n) is 5.77. The Bertz CT molecular complexity index is 542. The molecule has 1 aromatic heterocycles. The maximum Gasteiger partial charge on any atom is 0.291 e. The zero-order valence-corrected chi connectivity index (χ0v) is 13.2. The van der Waals surface area contributed by atoms with Crippen molar-refractivity contribution in [3.05, 3.63) is 21.0 Å². The minimum absolute atomic E-state index is 0.0367. The molecule has 1 aliphatic heterocycles. The van der Waals surface area contributed by atoms with Crippen molar-refractivity contribution in [2.75, 3.05) is 11.9 Å². The van der Waals surface area contributed by atoms with Crippen LogP contribution in [0.15, 0.2) is 15.5 Å². The van der Waals surface area contributed by atoms with Crippen molar-refractivity contribution in [1.82, 2.24) is 9.78 Å². The van der Waals surface area contributed by atoms with Gasteiger partial charge in [0.2, 0.25) is 0 Å². The lowest BCUT2D eigenvalue weighted by molar-refractivity contribution is 0.121. The van der Waals surface area contributed by atoms with E-state index >= 15 is 0 Å². The number of nitrogens with one attached hydrogen (secondary N) is 1. The van der Waals surface area contributed by atoms with Crippen molar-refractivity contribution in [2.24, 2.45) is 5.92 Å². The van der Waals surface area contributed by atoms with E-state index in [-0.39, 0.29) is 17.7 Å². The van der Waals surface area contributed by atoms with Gasteiger partial charge in [0.15, 0.2) is 0 Å². The Morgan fingerprint density at radius 2 is 2.30 bits per heavy atom. The van der Waals surface area contributed by atoms with Gasteiger partial charge in [-0.15, -0.1) is 0 Å². The van der Waals surface area contributed by atoms with Gasteiger partial charge in [0.25, 0.3) is 5.56 Å². The molecule has 1 aromatic rings. The largest absolute Gasteiger partial charge is 0.376 e. The molecule has 5 nitrogen and oxygen atoms in total. The third-order valence-electron chi connectivity index (χ3n) is 4.36. The molecule has 0 radical (unpaired) electrons. The summed E-state index contributed by atoms with van der Waals surface area (Å²) < 4.78 is 7.86. The van der Waals surface area contributed by atoms with E-state index in [1.54, 1.807) is 10.9 Å². The van der Waals surface area contributed by atoms with Gasteiger partial charge in [-0.3, -0.25) is 4.79 Å². The first-order chi connectivity index (χ1) is 9.65. The van der Waals surface area contributed by atoms with Crippen molar-refractivity contribution in [3.8, 4) is 0 Å². The number of halogens is 1. The summed E-state index contributed by atoms with van der Waals surface area (Å²) in [6.07, 6.45) is 6.47. The van der Waals surface area contributed by atoms with E-state index in [1.807, 2.05) is 6.92 Å². The number of anilines is 1. The summed E-state index contributed by atoms with van der Waals surface area (Å²) in [5.74, 6) is 0.614. The molecule has 2 atom stereocenters. The van der Waals surface area contributed by atoms with Crippen LogP contribution in [-0.4, -0.2) is 28.5 Å². The normalized spacial score (nSPS) is 26.5. The zero-order chi connectivity index (χ0) is 14.1. The molecule has 2 unspecified atom stereocenters. The predicted octanol–water partition coefficient (Wildman–Crippen LogP) is 2.40. The average Bonchev–Trinajstić information content (AvgIpc) is 2.77. The molecule has 2 fully saturated rings. The van der Waals surface area contributed by atoms with E-state index in [1.165, 1.54) is 19.3 Å². The molecule has 0 amide bonds. The summed E-state index contributed by atoms with van der Waals surface area (Å²) in [4.78, 5) is 12.5. The average molecular weight is 342 g/mol. The van der Waals surface area contributed by atoms with Crippen LogP contribution in [0.4, 0.5) is 5.69 Å². The van der Waals surface area contributed by atoms with Gasteiger partial charge in [-0.2, -0.15) is 5.10 Å². The molecule has 3 rings (SSSR count). The molecule has 0 aromatic carbocycles. The van der Waals surface area contributed by atoms with E-state index in [0.29, 0.717) is 11.6 Å². The fourth-order valence-electron chi connectivity index (χ4n) is 2.76. The van der Waals surface area contributed by atoms with Crippen LogP contribution < -0.4 is 10.9 Å². The van der Waals surface area contributed by atoms with Gasteiger partial charge in [0.1, 0.15) is 5.69 Å². The van der Waals surface area contributed by atoms with Gasteiger partial charge in [-0.1, -0.05) is 6.42 Å². The molecular weight excluding hydrogens is 322 g/mol. The fraction of sp³-hybridized carbons (Fsp3) is 0.714. The topological polar surface area (TPSA) is 56.1 Å². The molecule has 110 valence electrons. The van der Waals surface area contributed by atoms with Crippen molar-refractivity contribution in [1.29, 1.82) is 0 Å². The standard InChI is InChI=1S/C14H20BrN3O2/c1-9-12(5-6-20-9)17-13-11(15)7-16-18(14(13)19)8-10-3-2-4-10/h7,9-10,12,17H,2-6,8H2,1H3. The minimum atomic E-state index is -0.0367. The zero-order valence-electron chi connectivity index (χ0n) is 11.6. The first kappa shape index (κ1) is 14.1. The van der Waals surface area contributed by atoms with Gasteiger partial charge in [-0.05, 0) is 48.0 Å². The molecule has 2 heterocycles. The van der Waals surface area contributed by atoms with Crippen LogP contribution in [0, 0.1) is 5.92 Å². The SMILES string of the molecule is CC1OCCC1Nc1c(Br)cnn(CC2CCC2)c1=O. The Morgan fingerprint density at radius 3 is 2.90 bits per heavy atom. The third kappa shape index (κ3) is 2.76. The highest BCUT2D eigenvalue weighted by Gasteiger charge is 2.26. The van der Waals surface area contributed by atoms with Crippen molar-refractivity contribution in [2.45, 2.75) is 51.3 Å². The molecule has 20 heavy (non-hydrogen) atoms. The number of aromatic nitrogens is 2. The second kappa shape index (κ2) is 5.85. The van der Waals surface area contributed by atoms with Crippen LogP contribution in [0.5, 0.6) is 0 Å². The number of ether oxygens (including phenoxy) is 1. The molecule has 0 bridgehead atoms.